The maximum Gasteiger partial charge on any atom is 0.318 e. The van der Waals surface area contributed by atoms with Crippen molar-refractivity contribution in [3.63, 3.8) is 0 Å². The maximum absolute atomic E-state index is 12.1. The monoisotopic (exact) mass is 332 g/mol. The Hall–Kier alpha value is -0.420. The summed E-state index contributed by atoms with van der Waals surface area (Å²) in [6.07, 6.45) is 6.32. The van der Waals surface area contributed by atoms with Gasteiger partial charge in [-0.05, 0) is 41.9 Å². The highest BCUT2D eigenvalue weighted by atomic mass is 32.2. The predicted octanol–water partition coefficient (Wildman–Crippen LogP) is 1.97. The van der Waals surface area contributed by atoms with E-state index in [1.54, 1.807) is 0 Å². The smallest absolute Gasteiger partial charge is 0.318 e. The third-order valence-corrected chi connectivity index (χ3v) is 11.5. The molecule has 7 rings (SSSR count). The number of thioether (sulfide) groups is 2. The van der Waals surface area contributed by atoms with Crippen LogP contribution in [0.4, 0.5) is 0 Å². The first-order valence-corrected chi connectivity index (χ1v) is 10.4. The van der Waals surface area contributed by atoms with Crippen molar-refractivity contribution in [2.45, 2.75) is 27.4 Å². The minimum atomic E-state index is -0.217. The van der Waals surface area contributed by atoms with Crippen LogP contribution in [0.15, 0.2) is 12.2 Å². The molecule has 5 heteroatoms. The summed E-state index contributed by atoms with van der Waals surface area (Å²) in [5.74, 6) is 3.99. The Morgan fingerprint density at radius 2 is 1.27 bits per heavy atom. The highest BCUT2D eigenvalue weighted by Crippen LogP contribution is 2.77. The van der Waals surface area contributed by atoms with E-state index < -0.39 is 0 Å². The molecule has 6 bridgehead atoms. The molecule has 6 fully saturated rings. The van der Waals surface area contributed by atoms with E-state index in [4.69, 9.17) is 4.74 Å². The number of hydrogen-bond donors (Lipinski definition) is 0. The summed E-state index contributed by atoms with van der Waals surface area (Å²) in [6, 6.07) is 0. The van der Waals surface area contributed by atoms with E-state index in [-0.39, 0.29) is 23.8 Å². The van der Waals surface area contributed by atoms with Crippen molar-refractivity contribution < 1.29 is 14.3 Å². The number of carbonyl (C=O) groups excluding carboxylic acids is 2. The first-order chi connectivity index (χ1) is 10.7. The van der Waals surface area contributed by atoms with E-state index in [0.717, 1.165) is 34.2 Å². The van der Waals surface area contributed by atoms with Crippen LogP contribution in [-0.4, -0.2) is 32.9 Å². The van der Waals surface area contributed by atoms with Gasteiger partial charge in [-0.2, -0.15) is 23.5 Å². The van der Waals surface area contributed by atoms with E-state index in [2.05, 4.69) is 23.9 Å². The minimum Gasteiger partial charge on any atom is -0.393 e. The number of esters is 2. The van der Waals surface area contributed by atoms with Crippen molar-refractivity contribution in [1.29, 1.82) is 0 Å². The van der Waals surface area contributed by atoms with Gasteiger partial charge in [0, 0.05) is 21.0 Å². The number of rotatable bonds is 0. The van der Waals surface area contributed by atoms with E-state index >= 15 is 0 Å². The van der Waals surface area contributed by atoms with Crippen LogP contribution >= 0.6 is 23.5 Å². The fourth-order valence-corrected chi connectivity index (χ4v) is 12.4. The molecule has 3 nitrogen and oxygen atoms in total. The second-order valence-electron chi connectivity index (χ2n) is 8.18. The van der Waals surface area contributed by atoms with Gasteiger partial charge < -0.3 is 4.74 Å². The Balaban J connectivity index is 1.35. The Kier molecular flexibility index (Phi) is 1.90. The zero-order valence-corrected chi connectivity index (χ0v) is 13.5. The van der Waals surface area contributed by atoms with Crippen LogP contribution in [-0.2, 0) is 14.3 Å². The molecule has 0 spiro atoms. The summed E-state index contributed by atoms with van der Waals surface area (Å²) in [5, 5.41) is 2.22. The lowest BCUT2D eigenvalue weighted by molar-refractivity contribution is -0.153. The zero-order chi connectivity index (χ0) is 14.3. The van der Waals surface area contributed by atoms with E-state index in [1.165, 1.54) is 6.42 Å². The molecule has 0 aromatic carbocycles. The summed E-state index contributed by atoms with van der Waals surface area (Å²) in [7, 11) is 0. The topological polar surface area (TPSA) is 43.4 Å². The van der Waals surface area contributed by atoms with E-state index in [0.29, 0.717) is 22.3 Å². The number of fused-ring (bicyclic) bond motifs is 19. The van der Waals surface area contributed by atoms with Crippen molar-refractivity contribution in [3.8, 4) is 0 Å². The average molecular weight is 332 g/mol. The normalized spacial score (nSPS) is 67.8. The lowest BCUT2D eigenvalue weighted by Gasteiger charge is -2.43. The molecule has 7 aliphatic rings. The highest BCUT2D eigenvalue weighted by Gasteiger charge is 2.77. The third-order valence-electron chi connectivity index (χ3n) is 7.77. The Morgan fingerprint density at radius 1 is 0.773 bits per heavy atom. The van der Waals surface area contributed by atoms with Crippen molar-refractivity contribution in [2.75, 3.05) is 0 Å². The molecule has 0 aromatic rings. The van der Waals surface area contributed by atoms with Gasteiger partial charge in [0.05, 0.1) is 11.8 Å². The highest BCUT2D eigenvalue weighted by molar-refractivity contribution is 8.03. The largest absolute Gasteiger partial charge is 0.393 e. The van der Waals surface area contributed by atoms with Crippen LogP contribution in [0.25, 0.3) is 0 Å². The van der Waals surface area contributed by atoms with Gasteiger partial charge in [0.2, 0.25) is 0 Å². The molecule has 114 valence electrons. The summed E-state index contributed by atoms with van der Waals surface area (Å²) in [5.41, 5.74) is 0. The molecule has 5 aliphatic heterocycles. The number of allylic oxidation sites excluding steroid dienone is 2. The molecule has 5 saturated heterocycles. The van der Waals surface area contributed by atoms with Gasteiger partial charge in [-0.1, -0.05) is 12.2 Å². The van der Waals surface area contributed by atoms with Gasteiger partial charge >= 0.3 is 11.9 Å². The quantitative estimate of drug-likeness (QED) is 0.385. The molecule has 1 saturated carbocycles. The van der Waals surface area contributed by atoms with Crippen LogP contribution in [0, 0.1) is 47.3 Å². The molecular formula is C17H16O3S2. The molecular weight excluding hydrogens is 316 g/mol. The third kappa shape index (κ3) is 1.04. The number of ether oxygens (including phenoxy) is 1. The first kappa shape index (κ1) is 12.0. The van der Waals surface area contributed by atoms with Crippen molar-refractivity contribution in [1.82, 2.24) is 0 Å². The summed E-state index contributed by atoms with van der Waals surface area (Å²) >= 11 is 4.21. The first-order valence-electron chi connectivity index (χ1n) is 8.49. The number of cyclic esters (lactones) is 2. The average Bonchev–Trinajstić information content (AvgIpc) is 3.31. The molecule has 2 aliphatic carbocycles. The maximum atomic E-state index is 12.1. The van der Waals surface area contributed by atoms with Gasteiger partial charge in [-0.25, -0.2) is 0 Å². The summed E-state index contributed by atoms with van der Waals surface area (Å²) < 4.78 is 5.00. The fourth-order valence-electron chi connectivity index (χ4n) is 7.35. The Bertz CT molecular complexity index is 623. The van der Waals surface area contributed by atoms with Crippen molar-refractivity contribution >= 4 is 35.5 Å². The SMILES string of the molecule is O=C1OC(=O)C2C3SC(C12)C1C2SC(C4C5C=CC(C5)C24)C31. The van der Waals surface area contributed by atoms with E-state index in [1.807, 2.05) is 11.8 Å². The standard InChI is InChI=1S/C17H16O3S2/c18-16-10-11(17(19)20-16)15-9-8(14(10)22-15)12-6-4-1-2-5(3-4)7(6)13(9)21-12/h1-2,4-15H,3H2. The van der Waals surface area contributed by atoms with Gasteiger partial charge in [-0.15, -0.1) is 0 Å². The summed E-state index contributed by atoms with van der Waals surface area (Å²) in [6.45, 7) is 0. The minimum absolute atomic E-state index is 0.115. The van der Waals surface area contributed by atoms with Gasteiger partial charge in [0.1, 0.15) is 0 Å². The lowest BCUT2D eigenvalue weighted by atomic mass is 9.57. The van der Waals surface area contributed by atoms with Gasteiger partial charge in [0.25, 0.3) is 0 Å². The molecule has 0 N–H and O–H groups in total. The summed E-state index contributed by atoms with van der Waals surface area (Å²) in [4.78, 5) is 24.3. The fraction of sp³-hybridized carbons (Fsp3) is 0.765. The Labute approximate surface area is 137 Å². The molecule has 22 heavy (non-hydrogen) atoms. The van der Waals surface area contributed by atoms with Gasteiger partial charge in [-0.3, -0.25) is 9.59 Å². The van der Waals surface area contributed by atoms with Crippen molar-refractivity contribution in [2.24, 2.45) is 47.3 Å². The van der Waals surface area contributed by atoms with Crippen LogP contribution in [0.5, 0.6) is 0 Å². The molecule has 12 atom stereocenters. The zero-order valence-electron chi connectivity index (χ0n) is 11.8. The molecule has 0 radical (unpaired) electrons. The lowest BCUT2D eigenvalue weighted by Crippen LogP contribution is -2.51. The van der Waals surface area contributed by atoms with Crippen LogP contribution in [0.1, 0.15) is 6.42 Å². The second kappa shape index (κ2) is 3.49. The predicted molar refractivity (Wildman–Crippen MR) is 83.1 cm³/mol. The Morgan fingerprint density at radius 3 is 1.82 bits per heavy atom. The number of hydrogen-bond acceptors (Lipinski definition) is 5. The van der Waals surface area contributed by atoms with Crippen molar-refractivity contribution in [3.05, 3.63) is 12.2 Å². The second-order valence-corrected chi connectivity index (χ2v) is 10.9. The molecule has 12 unspecified atom stereocenters. The van der Waals surface area contributed by atoms with Crippen LogP contribution < -0.4 is 0 Å². The molecule has 0 aromatic heterocycles. The van der Waals surface area contributed by atoms with Crippen LogP contribution in [0.2, 0.25) is 0 Å². The molecule has 5 heterocycles. The molecule has 0 amide bonds. The number of carbonyl (C=O) groups is 2. The van der Waals surface area contributed by atoms with E-state index in [9.17, 15) is 9.59 Å². The van der Waals surface area contributed by atoms with Crippen LogP contribution in [0.3, 0.4) is 0 Å². The van der Waals surface area contributed by atoms with Gasteiger partial charge in [0.15, 0.2) is 0 Å².